The topological polar surface area (TPSA) is 51.2 Å². The number of hydrogen-bond acceptors (Lipinski definition) is 3. The van der Waals surface area contributed by atoms with Crippen molar-refractivity contribution in [2.24, 2.45) is 5.92 Å². The molecule has 0 aromatic carbocycles. The van der Waals surface area contributed by atoms with E-state index in [1.807, 2.05) is 6.92 Å². The molecule has 0 radical (unpaired) electrons. The molecule has 0 saturated carbocycles. The van der Waals surface area contributed by atoms with Gasteiger partial charge in [0.25, 0.3) is 5.91 Å². The van der Waals surface area contributed by atoms with E-state index >= 15 is 0 Å². The molecule has 1 fully saturated rings. The van der Waals surface area contributed by atoms with Gasteiger partial charge in [-0.2, -0.15) is 0 Å². The fourth-order valence-electron chi connectivity index (χ4n) is 1.91. The molecule has 1 aliphatic heterocycles. The van der Waals surface area contributed by atoms with Gasteiger partial charge in [0.05, 0.1) is 6.10 Å². The summed E-state index contributed by atoms with van der Waals surface area (Å²) >= 11 is 5.73. The highest BCUT2D eigenvalue weighted by Crippen LogP contribution is 2.19. The summed E-state index contributed by atoms with van der Waals surface area (Å²) in [6.45, 7) is 3.45. The lowest BCUT2D eigenvalue weighted by molar-refractivity contribution is 0.0907. The smallest absolute Gasteiger partial charge is 0.251 e. The van der Waals surface area contributed by atoms with Gasteiger partial charge in [0.15, 0.2) is 0 Å². The van der Waals surface area contributed by atoms with E-state index in [1.54, 1.807) is 12.1 Å². The molecule has 0 spiro atoms. The second-order valence-electron chi connectivity index (χ2n) is 4.20. The van der Waals surface area contributed by atoms with Crippen LogP contribution >= 0.6 is 11.6 Å². The van der Waals surface area contributed by atoms with Crippen LogP contribution in [0.4, 0.5) is 0 Å². The van der Waals surface area contributed by atoms with Crippen LogP contribution in [0.25, 0.3) is 0 Å². The number of pyridine rings is 1. The number of rotatable bonds is 3. The normalized spacial score (nSPS) is 23.6. The molecule has 1 aromatic rings. The number of carbonyl (C=O) groups is 1. The summed E-state index contributed by atoms with van der Waals surface area (Å²) in [5, 5.41) is 3.22. The Kier molecular flexibility index (Phi) is 3.97. The number of ether oxygens (including phenoxy) is 1. The van der Waals surface area contributed by atoms with Gasteiger partial charge in [-0.15, -0.1) is 0 Å². The largest absolute Gasteiger partial charge is 0.378 e. The standard InChI is InChI=1S/C12H15ClN2O2/c1-8-10(3-5-17-8)7-15-12(16)9-2-4-14-11(13)6-9/h2,4,6,8,10H,3,5,7H2,1H3,(H,15,16). The molecular weight excluding hydrogens is 240 g/mol. The lowest BCUT2D eigenvalue weighted by atomic mass is 10.0. The second-order valence-corrected chi connectivity index (χ2v) is 4.59. The van der Waals surface area contributed by atoms with Crippen molar-refractivity contribution < 1.29 is 9.53 Å². The van der Waals surface area contributed by atoms with Gasteiger partial charge in [0.2, 0.25) is 0 Å². The predicted octanol–water partition coefficient (Wildman–Crippen LogP) is 1.89. The number of halogens is 1. The zero-order valence-electron chi connectivity index (χ0n) is 9.65. The van der Waals surface area contributed by atoms with E-state index in [-0.39, 0.29) is 12.0 Å². The molecule has 2 heterocycles. The minimum Gasteiger partial charge on any atom is -0.378 e. The third-order valence-corrected chi connectivity index (χ3v) is 3.25. The number of amides is 1. The average Bonchev–Trinajstić information content (AvgIpc) is 2.72. The van der Waals surface area contributed by atoms with Crippen molar-refractivity contribution in [3.8, 4) is 0 Å². The summed E-state index contributed by atoms with van der Waals surface area (Å²) in [6.07, 6.45) is 2.74. The number of nitrogens with zero attached hydrogens (tertiary/aromatic N) is 1. The molecule has 17 heavy (non-hydrogen) atoms. The van der Waals surface area contributed by atoms with E-state index in [1.165, 1.54) is 6.20 Å². The Bertz CT molecular complexity index is 411. The molecule has 5 heteroatoms. The maximum atomic E-state index is 11.8. The SMILES string of the molecule is CC1OCCC1CNC(=O)c1ccnc(Cl)c1. The van der Waals surface area contributed by atoms with Crippen LogP contribution in [0.15, 0.2) is 18.3 Å². The molecule has 2 atom stereocenters. The Hall–Kier alpha value is -1.13. The molecular formula is C12H15ClN2O2. The highest BCUT2D eigenvalue weighted by atomic mass is 35.5. The van der Waals surface area contributed by atoms with Crippen molar-refractivity contribution in [1.82, 2.24) is 10.3 Å². The fraction of sp³-hybridized carbons (Fsp3) is 0.500. The van der Waals surface area contributed by atoms with E-state index in [2.05, 4.69) is 10.3 Å². The quantitative estimate of drug-likeness (QED) is 0.838. The van der Waals surface area contributed by atoms with Crippen molar-refractivity contribution in [2.45, 2.75) is 19.4 Å². The summed E-state index contributed by atoms with van der Waals surface area (Å²) in [7, 11) is 0. The van der Waals surface area contributed by atoms with Crippen LogP contribution < -0.4 is 5.32 Å². The Balaban J connectivity index is 1.89. The first-order valence-corrected chi connectivity index (χ1v) is 6.06. The third kappa shape index (κ3) is 3.17. The molecule has 0 bridgehead atoms. The Morgan fingerprint density at radius 2 is 2.53 bits per heavy atom. The van der Waals surface area contributed by atoms with Crippen LogP contribution in [-0.4, -0.2) is 30.1 Å². The lowest BCUT2D eigenvalue weighted by Crippen LogP contribution is -2.31. The first-order chi connectivity index (χ1) is 8.16. The van der Waals surface area contributed by atoms with Crippen molar-refractivity contribution >= 4 is 17.5 Å². The molecule has 2 rings (SSSR count). The van der Waals surface area contributed by atoms with Crippen molar-refractivity contribution in [1.29, 1.82) is 0 Å². The van der Waals surface area contributed by atoms with Crippen LogP contribution in [-0.2, 0) is 4.74 Å². The molecule has 1 N–H and O–H groups in total. The number of nitrogens with one attached hydrogen (secondary N) is 1. The maximum Gasteiger partial charge on any atom is 0.251 e. The number of hydrogen-bond donors (Lipinski definition) is 1. The van der Waals surface area contributed by atoms with Crippen LogP contribution in [0.2, 0.25) is 5.15 Å². The summed E-state index contributed by atoms with van der Waals surface area (Å²) in [4.78, 5) is 15.7. The maximum absolute atomic E-state index is 11.8. The van der Waals surface area contributed by atoms with Gasteiger partial charge in [-0.1, -0.05) is 11.6 Å². The van der Waals surface area contributed by atoms with Crippen molar-refractivity contribution in [3.63, 3.8) is 0 Å². The average molecular weight is 255 g/mol. The third-order valence-electron chi connectivity index (χ3n) is 3.05. The Morgan fingerprint density at radius 1 is 1.71 bits per heavy atom. The van der Waals surface area contributed by atoms with Gasteiger partial charge < -0.3 is 10.1 Å². The number of aromatic nitrogens is 1. The van der Waals surface area contributed by atoms with Crippen molar-refractivity contribution in [3.05, 3.63) is 29.0 Å². The predicted molar refractivity (Wildman–Crippen MR) is 65.1 cm³/mol. The van der Waals surface area contributed by atoms with E-state index in [4.69, 9.17) is 16.3 Å². The van der Waals surface area contributed by atoms with Crippen molar-refractivity contribution in [2.75, 3.05) is 13.2 Å². The van der Waals surface area contributed by atoms with Gasteiger partial charge >= 0.3 is 0 Å². The summed E-state index contributed by atoms with van der Waals surface area (Å²) in [5.74, 6) is 0.282. The van der Waals surface area contributed by atoms with Gasteiger partial charge in [0, 0.05) is 30.8 Å². The van der Waals surface area contributed by atoms with Gasteiger partial charge in [-0.3, -0.25) is 4.79 Å². The number of carbonyl (C=O) groups excluding carboxylic acids is 1. The minimum absolute atomic E-state index is 0.117. The first-order valence-electron chi connectivity index (χ1n) is 5.68. The Morgan fingerprint density at radius 3 is 3.18 bits per heavy atom. The van der Waals surface area contributed by atoms with Gasteiger partial charge in [0.1, 0.15) is 5.15 Å². The molecule has 1 amide bonds. The molecule has 1 aromatic heterocycles. The Labute approximate surface area is 105 Å². The zero-order valence-corrected chi connectivity index (χ0v) is 10.4. The van der Waals surface area contributed by atoms with E-state index in [0.29, 0.717) is 23.2 Å². The molecule has 1 saturated heterocycles. The van der Waals surface area contributed by atoms with Crippen LogP contribution in [0.5, 0.6) is 0 Å². The molecule has 1 aliphatic rings. The van der Waals surface area contributed by atoms with Crippen LogP contribution in [0.1, 0.15) is 23.7 Å². The molecule has 2 unspecified atom stereocenters. The highest BCUT2D eigenvalue weighted by molar-refractivity contribution is 6.29. The van der Waals surface area contributed by atoms with Crippen LogP contribution in [0.3, 0.4) is 0 Å². The monoisotopic (exact) mass is 254 g/mol. The van der Waals surface area contributed by atoms with Gasteiger partial charge in [-0.05, 0) is 25.5 Å². The summed E-state index contributed by atoms with van der Waals surface area (Å²) in [6, 6.07) is 3.21. The minimum atomic E-state index is -0.117. The van der Waals surface area contributed by atoms with E-state index in [0.717, 1.165) is 13.0 Å². The molecule has 92 valence electrons. The second kappa shape index (κ2) is 5.47. The summed E-state index contributed by atoms with van der Waals surface area (Å²) < 4.78 is 5.44. The summed E-state index contributed by atoms with van der Waals surface area (Å²) in [5.41, 5.74) is 0.538. The van der Waals surface area contributed by atoms with Gasteiger partial charge in [-0.25, -0.2) is 4.98 Å². The molecule has 4 nitrogen and oxygen atoms in total. The van der Waals surface area contributed by atoms with Crippen LogP contribution in [0, 0.1) is 5.92 Å². The lowest BCUT2D eigenvalue weighted by Gasteiger charge is -2.14. The van der Waals surface area contributed by atoms with E-state index < -0.39 is 0 Å². The zero-order chi connectivity index (χ0) is 12.3. The van der Waals surface area contributed by atoms with E-state index in [9.17, 15) is 4.79 Å². The highest BCUT2D eigenvalue weighted by Gasteiger charge is 2.24. The molecule has 0 aliphatic carbocycles. The first kappa shape index (κ1) is 12.3. The fourth-order valence-corrected chi connectivity index (χ4v) is 2.09.